The number of ether oxygens (including phenoxy) is 1. The number of aryl methyl sites for hydroxylation is 1. The molecule has 1 N–H and O–H groups in total. The fraction of sp³-hybridized carbons (Fsp3) is 0.368. The Morgan fingerprint density at radius 1 is 1.22 bits per heavy atom. The fourth-order valence-electron chi connectivity index (χ4n) is 3.35. The standard InChI is InChI=1S/C19H21N5O3/c1-27-19-17(20-15-4-2-3-5-16(15)21-19)6-7-18(26)23-8-9-24-14(11-23)10-13(12-25)22-24/h2-5,10,25H,6-9,11-12H2,1H3. The third-order valence-corrected chi connectivity index (χ3v) is 4.74. The van der Waals surface area contributed by atoms with E-state index in [1.807, 2.05) is 39.9 Å². The topological polar surface area (TPSA) is 93.4 Å². The lowest BCUT2D eigenvalue weighted by Gasteiger charge is -2.27. The number of carbonyl (C=O) groups excluding carboxylic acids is 1. The molecule has 0 aliphatic carbocycles. The van der Waals surface area contributed by atoms with E-state index in [9.17, 15) is 9.90 Å². The van der Waals surface area contributed by atoms with Crippen molar-refractivity contribution in [3.63, 3.8) is 0 Å². The Kier molecular flexibility index (Phi) is 4.72. The highest BCUT2D eigenvalue weighted by atomic mass is 16.5. The van der Waals surface area contributed by atoms with Crippen molar-refractivity contribution in [2.45, 2.75) is 32.5 Å². The maximum atomic E-state index is 12.7. The molecule has 0 saturated heterocycles. The number of rotatable bonds is 5. The molecule has 8 nitrogen and oxygen atoms in total. The van der Waals surface area contributed by atoms with E-state index in [0.29, 0.717) is 49.7 Å². The molecule has 1 amide bonds. The van der Waals surface area contributed by atoms with E-state index in [1.165, 1.54) is 0 Å². The number of benzene rings is 1. The second-order valence-corrected chi connectivity index (χ2v) is 6.49. The molecule has 8 heteroatoms. The highest BCUT2D eigenvalue weighted by Gasteiger charge is 2.22. The zero-order valence-electron chi connectivity index (χ0n) is 15.1. The first-order valence-corrected chi connectivity index (χ1v) is 8.92. The summed E-state index contributed by atoms with van der Waals surface area (Å²) in [5.41, 5.74) is 3.83. The highest BCUT2D eigenvalue weighted by molar-refractivity contribution is 5.77. The molecule has 140 valence electrons. The molecule has 0 fully saturated rings. The van der Waals surface area contributed by atoms with E-state index in [0.717, 1.165) is 16.7 Å². The van der Waals surface area contributed by atoms with Crippen LogP contribution < -0.4 is 4.74 Å². The molecule has 3 heterocycles. The summed E-state index contributed by atoms with van der Waals surface area (Å²) in [5.74, 6) is 0.524. The van der Waals surface area contributed by atoms with E-state index in [-0.39, 0.29) is 12.5 Å². The van der Waals surface area contributed by atoms with Crippen LogP contribution in [-0.2, 0) is 30.9 Å². The van der Waals surface area contributed by atoms with E-state index in [4.69, 9.17) is 4.74 Å². The van der Waals surface area contributed by atoms with Gasteiger partial charge in [-0.15, -0.1) is 0 Å². The highest BCUT2D eigenvalue weighted by Crippen LogP contribution is 2.21. The molecular weight excluding hydrogens is 346 g/mol. The van der Waals surface area contributed by atoms with Crippen LogP contribution in [0.5, 0.6) is 5.88 Å². The Hall–Kier alpha value is -3.00. The van der Waals surface area contributed by atoms with Gasteiger partial charge in [0.1, 0.15) is 5.69 Å². The van der Waals surface area contributed by atoms with E-state index < -0.39 is 0 Å². The van der Waals surface area contributed by atoms with Gasteiger partial charge in [-0.2, -0.15) is 5.10 Å². The Labute approximate surface area is 156 Å². The lowest BCUT2D eigenvalue weighted by Crippen LogP contribution is -2.38. The average Bonchev–Trinajstić information content (AvgIpc) is 3.13. The third kappa shape index (κ3) is 3.48. The Balaban J connectivity index is 1.45. The number of hydrogen-bond donors (Lipinski definition) is 1. The minimum absolute atomic E-state index is 0.0602. The molecule has 1 aliphatic rings. The van der Waals surface area contributed by atoms with Crippen LogP contribution in [0.3, 0.4) is 0 Å². The van der Waals surface area contributed by atoms with Gasteiger partial charge in [-0.25, -0.2) is 9.97 Å². The average molecular weight is 367 g/mol. The fourth-order valence-corrected chi connectivity index (χ4v) is 3.35. The molecule has 0 saturated carbocycles. The van der Waals surface area contributed by atoms with Crippen LogP contribution in [-0.4, -0.2) is 49.3 Å². The third-order valence-electron chi connectivity index (χ3n) is 4.74. The summed E-state index contributed by atoms with van der Waals surface area (Å²) in [6, 6.07) is 9.45. The number of carbonyl (C=O) groups is 1. The molecule has 3 aromatic rings. The van der Waals surface area contributed by atoms with Gasteiger partial charge in [-0.05, 0) is 18.2 Å². The molecule has 0 unspecified atom stereocenters. The van der Waals surface area contributed by atoms with Gasteiger partial charge in [0.25, 0.3) is 0 Å². The second-order valence-electron chi connectivity index (χ2n) is 6.49. The van der Waals surface area contributed by atoms with Crippen LogP contribution in [0.15, 0.2) is 30.3 Å². The number of aromatic nitrogens is 4. The molecule has 2 aromatic heterocycles. The molecule has 0 atom stereocenters. The Morgan fingerprint density at radius 2 is 2.00 bits per heavy atom. The summed E-state index contributed by atoms with van der Waals surface area (Å²) >= 11 is 0. The molecule has 0 radical (unpaired) electrons. The maximum Gasteiger partial charge on any atom is 0.235 e. The van der Waals surface area contributed by atoms with Crippen molar-refractivity contribution in [1.82, 2.24) is 24.6 Å². The van der Waals surface area contributed by atoms with Gasteiger partial charge < -0.3 is 14.7 Å². The molecule has 0 spiro atoms. The van der Waals surface area contributed by atoms with Gasteiger partial charge in [0, 0.05) is 19.4 Å². The van der Waals surface area contributed by atoms with Crippen molar-refractivity contribution in [2.75, 3.05) is 13.7 Å². The van der Waals surface area contributed by atoms with Crippen LogP contribution in [0, 0.1) is 0 Å². The second kappa shape index (κ2) is 7.32. The first kappa shape index (κ1) is 17.4. The Morgan fingerprint density at radius 3 is 2.74 bits per heavy atom. The SMILES string of the molecule is COc1nc2ccccc2nc1CCC(=O)N1CCn2nc(CO)cc2C1. The number of aliphatic hydroxyl groups is 1. The monoisotopic (exact) mass is 367 g/mol. The number of nitrogens with zero attached hydrogens (tertiary/aromatic N) is 5. The summed E-state index contributed by atoms with van der Waals surface area (Å²) in [6.45, 7) is 1.67. The number of hydrogen-bond acceptors (Lipinski definition) is 6. The van der Waals surface area contributed by atoms with Gasteiger partial charge in [-0.1, -0.05) is 12.1 Å². The predicted octanol–water partition coefficient (Wildman–Crippen LogP) is 1.30. The van der Waals surface area contributed by atoms with Crippen LogP contribution in [0.2, 0.25) is 0 Å². The quantitative estimate of drug-likeness (QED) is 0.731. The summed E-state index contributed by atoms with van der Waals surface area (Å²) in [7, 11) is 1.56. The minimum Gasteiger partial charge on any atom is -0.480 e. The summed E-state index contributed by atoms with van der Waals surface area (Å²) in [6.07, 6.45) is 0.807. The number of methoxy groups -OCH3 is 1. The molecule has 1 aromatic carbocycles. The van der Waals surface area contributed by atoms with Gasteiger partial charge in [-0.3, -0.25) is 9.48 Å². The molecule has 0 bridgehead atoms. The van der Waals surface area contributed by atoms with Gasteiger partial charge in [0.15, 0.2) is 0 Å². The van der Waals surface area contributed by atoms with E-state index in [1.54, 1.807) is 7.11 Å². The normalized spacial score (nSPS) is 13.6. The van der Waals surface area contributed by atoms with E-state index >= 15 is 0 Å². The van der Waals surface area contributed by atoms with E-state index in [2.05, 4.69) is 15.1 Å². The smallest absolute Gasteiger partial charge is 0.235 e. The summed E-state index contributed by atoms with van der Waals surface area (Å²) in [5, 5.41) is 13.5. The lowest BCUT2D eigenvalue weighted by molar-refractivity contribution is -0.132. The number of fused-ring (bicyclic) bond motifs is 2. The van der Waals surface area contributed by atoms with Crippen molar-refractivity contribution in [2.24, 2.45) is 0 Å². The van der Waals surface area contributed by atoms with Crippen molar-refractivity contribution in [1.29, 1.82) is 0 Å². The van der Waals surface area contributed by atoms with Crippen LogP contribution in [0.4, 0.5) is 0 Å². The van der Waals surface area contributed by atoms with Crippen LogP contribution in [0.25, 0.3) is 11.0 Å². The van der Waals surface area contributed by atoms with Crippen molar-refractivity contribution < 1.29 is 14.6 Å². The van der Waals surface area contributed by atoms with Crippen LogP contribution >= 0.6 is 0 Å². The minimum atomic E-state index is -0.0889. The number of aliphatic hydroxyl groups excluding tert-OH is 1. The zero-order valence-corrected chi connectivity index (χ0v) is 15.1. The predicted molar refractivity (Wildman–Crippen MR) is 98.0 cm³/mol. The first-order chi connectivity index (χ1) is 13.2. The molecule has 4 rings (SSSR count). The molecular formula is C19H21N5O3. The summed E-state index contributed by atoms with van der Waals surface area (Å²) in [4.78, 5) is 23.6. The van der Waals surface area contributed by atoms with Crippen molar-refractivity contribution in [3.8, 4) is 5.88 Å². The van der Waals surface area contributed by atoms with Crippen LogP contribution in [0.1, 0.15) is 23.5 Å². The van der Waals surface area contributed by atoms with Crippen molar-refractivity contribution >= 4 is 16.9 Å². The number of para-hydroxylation sites is 2. The Bertz CT molecular complexity index is 985. The largest absolute Gasteiger partial charge is 0.480 e. The first-order valence-electron chi connectivity index (χ1n) is 8.92. The summed E-state index contributed by atoms with van der Waals surface area (Å²) < 4.78 is 7.21. The number of amides is 1. The molecule has 27 heavy (non-hydrogen) atoms. The maximum absolute atomic E-state index is 12.7. The van der Waals surface area contributed by atoms with Crippen molar-refractivity contribution in [3.05, 3.63) is 47.4 Å². The zero-order chi connectivity index (χ0) is 18.8. The van der Waals surface area contributed by atoms with Gasteiger partial charge in [0.2, 0.25) is 11.8 Å². The van der Waals surface area contributed by atoms with Gasteiger partial charge in [0.05, 0.1) is 49.2 Å². The van der Waals surface area contributed by atoms with Gasteiger partial charge >= 0.3 is 0 Å². The lowest BCUT2D eigenvalue weighted by atomic mass is 10.2. The molecule has 1 aliphatic heterocycles.